The van der Waals surface area contributed by atoms with Crippen molar-refractivity contribution in [3.8, 4) is 5.69 Å². The number of para-hydroxylation sites is 1. The van der Waals surface area contributed by atoms with E-state index in [1.54, 1.807) is 7.05 Å². The van der Waals surface area contributed by atoms with Crippen LogP contribution < -0.4 is 5.43 Å². The van der Waals surface area contributed by atoms with Gasteiger partial charge in [0.15, 0.2) is 5.69 Å². The predicted octanol–water partition coefficient (Wildman–Crippen LogP) is 3.95. The van der Waals surface area contributed by atoms with Crippen LogP contribution in [0.5, 0.6) is 0 Å². The number of benzene rings is 2. The van der Waals surface area contributed by atoms with Crippen LogP contribution in [0.1, 0.15) is 29.2 Å². The standard InChI is InChI=1S/C22H18FN3O3/c1-14(20-13-15-5-3-4-6-19(15)29-20)25(2)22(28)21-18(27)11-12-26(24-21)17-9-7-16(23)8-10-17/h3-14H,1-2H3. The minimum atomic E-state index is -0.528. The van der Waals surface area contributed by atoms with Gasteiger partial charge in [-0.15, -0.1) is 0 Å². The molecule has 0 aliphatic carbocycles. The topological polar surface area (TPSA) is 68.3 Å². The fraction of sp³-hybridized carbons (Fsp3) is 0.136. The van der Waals surface area contributed by atoms with Crippen molar-refractivity contribution in [2.75, 3.05) is 7.05 Å². The molecule has 2 aromatic heterocycles. The fourth-order valence-corrected chi connectivity index (χ4v) is 3.04. The maximum Gasteiger partial charge on any atom is 0.278 e. The predicted molar refractivity (Wildman–Crippen MR) is 107 cm³/mol. The zero-order chi connectivity index (χ0) is 20.5. The molecule has 4 aromatic rings. The van der Waals surface area contributed by atoms with E-state index in [1.807, 2.05) is 37.3 Å². The summed E-state index contributed by atoms with van der Waals surface area (Å²) < 4.78 is 20.4. The van der Waals surface area contributed by atoms with Gasteiger partial charge in [-0.2, -0.15) is 5.10 Å². The van der Waals surface area contributed by atoms with Gasteiger partial charge in [-0.05, 0) is 43.3 Å². The van der Waals surface area contributed by atoms with Crippen LogP contribution >= 0.6 is 0 Å². The molecule has 0 N–H and O–H groups in total. The average molecular weight is 391 g/mol. The molecule has 146 valence electrons. The minimum absolute atomic E-state index is 0.220. The number of halogens is 1. The third kappa shape index (κ3) is 3.54. The molecule has 4 rings (SSSR count). The highest BCUT2D eigenvalue weighted by Gasteiger charge is 2.25. The molecule has 0 bridgehead atoms. The average Bonchev–Trinajstić information content (AvgIpc) is 3.17. The Labute approximate surface area is 165 Å². The Bertz CT molecular complexity index is 1210. The Morgan fingerprint density at radius 2 is 1.86 bits per heavy atom. The molecule has 6 nitrogen and oxygen atoms in total. The normalized spacial score (nSPS) is 12.1. The smallest absolute Gasteiger partial charge is 0.278 e. The van der Waals surface area contributed by atoms with Crippen molar-refractivity contribution in [1.29, 1.82) is 0 Å². The Hall–Kier alpha value is -3.74. The van der Waals surface area contributed by atoms with E-state index in [1.165, 1.54) is 46.1 Å². The van der Waals surface area contributed by atoms with Crippen molar-refractivity contribution in [3.05, 3.63) is 94.4 Å². The van der Waals surface area contributed by atoms with Crippen LogP contribution in [0.25, 0.3) is 16.7 Å². The maximum atomic E-state index is 13.2. The molecule has 1 unspecified atom stereocenters. The summed E-state index contributed by atoms with van der Waals surface area (Å²) in [7, 11) is 1.59. The number of aromatic nitrogens is 2. The number of furan rings is 1. The number of amides is 1. The third-order valence-electron chi connectivity index (χ3n) is 4.86. The second-order valence-corrected chi connectivity index (χ2v) is 6.73. The van der Waals surface area contributed by atoms with Gasteiger partial charge in [-0.25, -0.2) is 9.07 Å². The second kappa shape index (κ2) is 7.35. The molecule has 0 radical (unpaired) electrons. The first-order valence-electron chi connectivity index (χ1n) is 9.05. The summed E-state index contributed by atoms with van der Waals surface area (Å²) in [6, 6.07) is 15.9. The van der Waals surface area contributed by atoms with Crippen molar-refractivity contribution in [1.82, 2.24) is 14.7 Å². The molecule has 7 heteroatoms. The molecule has 0 saturated heterocycles. The van der Waals surface area contributed by atoms with E-state index < -0.39 is 17.4 Å². The summed E-state index contributed by atoms with van der Waals surface area (Å²) in [6.45, 7) is 1.82. The summed E-state index contributed by atoms with van der Waals surface area (Å²) >= 11 is 0. The summed E-state index contributed by atoms with van der Waals surface area (Å²) in [5, 5.41) is 5.11. The summed E-state index contributed by atoms with van der Waals surface area (Å²) in [4.78, 5) is 26.7. The third-order valence-corrected chi connectivity index (χ3v) is 4.86. The number of carbonyl (C=O) groups is 1. The van der Waals surface area contributed by atoms with Crippen molar-refractivity contribution in [2.24, 2.45) is 0 Å². The van der Waals surface area contributed by atoms with Gasteiger partial charge in [0.2, 0.25) is 5.43 Å². The van der Waals surface area contributed by atoms with Gasteiger partial charge < -0.3 is 9.32 Å². The monoisotopic (exact) mass is 391 g/mol. The number of nitrogens with zero attached hydrogens (tertiary/aromatic N) is 3. The fourth-order valence-electron chi connectivity index (χ4n) is 3.04. The van der Waals surface area contributed by atoms with Crippen molar-refractivity contribution in [2.45, 2.75) is 13.0 Å². The lowest BCUT2D eigenvalue weighted by Crippen LogP contribution is -2.34. The largest absolute Gasteiger partial charge is 0.459 e. The Kier molecular flexibility index (Phi) is 4.72. The highest BCUT2D eigenvalue weighted by molar-refractivity contribution is 5.92. The van der Waals surface area contributed by atoms with E-state index in [-0.39, 0.29) is 11.5 Å². The van der Waals surface area contributed by atoms with Gasteiger partial charge in [0.1, 0.15) is 17.2 Å². The number of fused-ring (bicyclic) bond motifs is 1. The second-order valence-electron chi connectivity index (χ2n) is 6.73. The zero-order valence-electron chi connectivity index (χ0n) is 15.9. The van der Waals surface area contributed by atoms with Crippen LogP contribution in [0.2, 0.25) is 0 Å². The lowest BCUT2D eigenvalue weighted by atomic mass is 10.2. The molecular formula is C22H18FN3O3. The summed E-state index contributed by atoms with van der Waals surface area (Å²) in [5.41, 5.74) is 0.555. The van der Waals surface area contributed by atoms with Crippen molar-refractivity contribution < 1.29 is 13.6 Å². The number of hydrogen-bond acceptors (Lipinski definition) is 4. The van der Waals surface area contributed by atoms with Crippen LogP contribution in [-0.2, 0) is 0 Å². The highest BCUT2D eigenvalue weighted by Crippen LogP contribution is 2.27. The van der Waals surface area contributed by atoms with Crippen LogP contribution in [0, 0.1) is 5.82 Å². The van der Waals surface area contributed by atoms with Crippen molar-refractivity contribution in [3.63, 3.8) is 0 Å². The van der Waals surface area contributed by atoms with Gasteiger partial charge in [0.25, 0.3) is 5.91 Å². The first-order chi connectivity index (χ1) is 13.9. The lowest BCUT2D eigenvalue weighted by Gasteiger charge is -2.22. The van der Waals surface area contributed by atoms with Gasteiger partial charge in [0.05, 0.1) is 11.7 Å². The molecule has 2 aromatic carbocycles. The first kappa shape index (κ1) is 18.6. The van der Waals surface area contributed by atoms with E-state index in [9.17, 15) is 14.0 Å². The minimum Gasteiger partial charge on any atom is -0.459 e. The molecule has 1 atom stereocenters. The van der Waals surface area contributed by atoms with Crippen LogP contribution in [0.4, 0.5) is 4.39 Å². The Morgan fingerprint density at radius 3 is 2.59 bits per heavy atom. The van der Waals surface area contributed by atoms with Gasteiger partial charge >= 0.3 is 0 Å². The first-order valence-corrected chi connectivity index (χ1v) is 9.05. The van der Waals surface area contributed by atoms with E-state index >= 15 is 0 Å². The molecular weight excluding hydrogens is 373 g/mol. The lowest BCUT2D eigenvalue weighted by molar-refractivity contribution is 0.0718. The number of carbonyl (C=O) groups excluding carboxylic acids is 1. The quantitative estimate of drug-likeness (QED) is 0.528. The molecule has 0 aliphatic rings. The molecule has 1 amide bonds. The van der Waals surface area contributed by atoms with E-state index in [2.05, 4.69) is 5.10 Å². The molecule has 0 fully saturated rings. The van der Waals surface area contributed by atoms with Crippen molar-refractivity contribution >= 4 is 16.9 Å². The summed E-state index contributed by atoms with van der Waals surface area (Å²) in [5.74, 6) is -0.304. The van der Waals surface area contributed by atoms with E-state index in [0.717, 1.165) is 11.0 Å². The number of rotatable bonds is 4. The van der Waals surface area contributed by atoms with Crippen LogP contribution in [0.3, 0.4) is 0 Å². The SMILES string of the molecule is CC(c1cc2ccccc2o1)N(C)C(=O)c1nn(-c2ccc(F)cc2)ccc1=O. The van der Waals surface area contributed by atoms with Gasteiger partial charge in [-0.1, -0.05) is 18.2 Å². The zero-order valence-corrected chi connectivity index (χ0v) is 15.9. The Balaban J connectivity index is 1.65. The van der Waals surface area contributed by atoms with Gasteiger partial charge in [0, 0.05) is 24.7 Å². The molecule has 0 saturated carbocycles. The molecule has 2 heterocycles. The Morgan fingerprint density at radius 1 is 1.14 bits per heavy atom. The highest BCUT2D eigenvalue weighted by atomic mass is 19.1. The van der Waals surface area contributed by atoms with E-state index in [4.69, 9.17) is 4.42 Å². The van der Waals surface area contributed by atoms with Crippen LogP contribution in [0.15, 0.2) is 76.1 Å². The molecule has 0 spiro atoms. The van der Waals surface area contributed by atoms with Gasteiger partial charge in [-0.3, -0.25) is 9.59 Å². The van der Waals surface area contributed by atoms with E-state index in [0.29, 0.717) is 11.4 Å². The van der Waals surface area contributed by atoms with Crippen LogP contribution in [-0.4, -0.2) is 27.6 Å². The number of hydrogen-bond donors (Lipinski definition) is 0. The molecule has 29 heavy (non-hydrogen) atoms. The molecule has 0 aliphatic heterocycles. The maximum absolute atomic E-state index is 13.2. The summed E-state index contributed by atoms with van der Waals surface area (Å²) in [6.07, 6.45) is 1.44.